The predicted molar refractivity (Wildman–Crippen MR) is 115 cm³/mol. The standard InChI is InChI=1S/C21H23N3O2S2/c1-3-15-10-12-17(13-11-15)26-18(4-2)19(25)22-20-23-24-21(28-20)27-14-16-8-6-5-7-9-16/h5-13,18H,3-4,14H2,1-2H3,(H,22,23,25)/t18-/m0/s1. The zero-order chi connectivity index (χ0) is 19.8. The molecule has 1 amide bonds. The molecule has 0 aliphatic carbocycles. The number of thioether (sulfide) groups is 1. The zero-order valence-corrected chi connectivity index (χ0v) is 17.6. The van der Waals surface area contributed by atoms with Crippen molar-refractivity contribution < 1.29 is 9.53 Å². The van der Waals surface area contributed by atoms with Crippen LogP contribution in [-0.4, -0.2) is 22.2 Å². The number of nitrogens with zero attached hydrogens (tertiary/aromatic N) is 2. The minimum absolute atomic E-state index is 0.210. The first-order chi connectivity index (χ1) is 13.7. The maximum atomic E-state index is 12.6. The molecule has 0 bridgehead atoms. The highest BCUT2D eigenvalue weighted by Gasteiger charge is 2.20. The molecule has 3 aromatic rings. The van der Waals surface area contributed by atoms with Crippen LogP contribution in [0.3, 0.4) is 0 Å². The van der Waals surface area contributed by atoms with Gasteiger partial charge in [0.1, 0.15) is 5.75 Å². The van der Waals surface area contributed by atoms with Crippen LogP contribution in [0.4, 0.5) is 5.13 Å². The Labute approximate surface area is 173 Å². The monoisotopic (exact) mass is 413 g/mol. The Morgan fingerprint density at radius 2 is 1.82 bits per heavy atom. The molecule has 5 nitrogen and oxygen atoms in total. The molecule has 28 heavy (non-hydrogen) atoms. The molecule has 3 rings (SSSR count). The van der Waals surface area contributed by atoms with Crippen LogP contribution < -0.4 is 10.1 Å². The molecule has 0 saturated heterocycles. The Balaban J connectivity index is 1.54. The Kier molecular flexibility index (Phi) is 7.45. The lowest BCUT2D eigenvalue weighted by atomic mass is 10.2. The summed E-state index contributed by atoms with van der Waals surface area (Å²) in [4.78, 5) is 12.6. The number of carbonyl (C=O) groups is 1. The van der Waals surface area contributed by atoms with Crippen LogP contribution in [0.1, 0.15) is 31.4 Å². The van der Waals surface area contributed by atoms with Crippen molar-refractivity contribution in [3.05, 3.63) is 65.7 Å². The first kappa shape index (κ1) is 20.4. The van der Waals surface area contributed by atoms with Gasteiger partial charge in [0.25, 0.3) is 5.91 Å². The zero-order valence-electron chi connectivity index (χ0n) is 15.9. The molecule has 1 aromatic heterocycles. The van der Waals surface area contributed by atoms with E-state index in [9.17, 15) is 4.79 Å². The van der Waals surface area contributed by atoms with Crippen LogP contribution in [0.25, 0.3) is 0 Å². The summed E-state index contributed by atoms with van der Waals surface area (Å²) in [5, 5.41) is 11.5. The smallest absolute Gasteiger partial charge is 0.267 e. The van der Waals surface area contributed by atoms with Crippen LogP contribution in [0.15, 0.2) is 58.9 Å². The SMILES string of the molecule is CCc1ccc(O[C@@H](CC)C(=O)Nc2nnc(SCc3ccccc3)s2)cc1. The number of nitrogens with one attached hydrogen (secondary N) is 1. The van der Waals surface area contributed by atoms with Crippen molar-refractivity contribution in [1.82, 2.24) is 10.2 Å². The Bertz CT molecular complexity index is 882. The number of carbonyl (C=O) groups excluding carboxylic acids is 1. The van der Waals surface area contributed by atoms with E-state index < -0.39 is 6.10 Å². The first-order valence-corrected chi connectivity index (χ1v) is 11.0. The maximum absolute atomic E-state index is 12.6. The number of hydrogen-bond acceptors (Lipinski definition) is 6. The van der Waals surface area contributed by atoms with Gasteiger partial charge in [-0.05, 0) is 36.1 Å². The number of benzene rings is 2. The lowest BCUT2D eigenvalue weighted by Crippen LogP contribution is -2.32. The summed E-state index contributed by atoms with van der Waals surface area (Å²) in [6, 6.07) is 18.0. The molecule has 7 heteroatoms. The molecule has 1 heterocycles. The van der Waals surface area contributed by atoms with Crippen LogP contribution in [0.5, 0.6) is 5.75 Å². The summed E-state index contributed by atoms with van der Waals surface area (Å²) in [6.07, 6.45) is 0.965. The summed E-state index contributed by atoms with van der Waals surface area (Å²) < 4.78 is 6.67. The van der Waals surface area contributed by atoms with E-state index >= 15 is 0 Å². The third kappa shape index (κ3) is 5.81. The van der Waals surface area contributed by atoms with Crippen molar-refractivity contribution in [2.75, 3.05) is 5.32 Å². The van der Waals surface area contributed by atoms with Gasteiger partial charge in [0.15, 0.2) is 10.4 Å². The van der Waals surface area contributed by atoms with Crippen molar-refractivity contribution in [2.24, 2.45) is 0 Å². The van der Waals surface area contributed by atoms with E-state index in [4.69, 9.17) is 4.74 Å². The normalized spacial score (nSPS) is 11.8. The number of aryl methyl sites for hydroxylation is 1. The number of amides is 1. The van der Waals surface area contributed by atoms with Gasteiger partial charge in [0, 0.05) is 5.75 Å². The molecule has 0 spiro atoms. The lowest BCUT2D eigenvalue weighted by molar-refractivity contribution is -0.122. The van der Waals surface area contributed by atoms with Crippen molar-refractivity contribution in [2.45, 2.75) is 42.9 Å². The first-order valence-electron chi connectivity index (χ1n) is 9.24. The second-order valence-electron chi connectivity index (χ2n) is 6.15. The van der Waals surface area contributed by atoms with E-state index in [0.717, 1.165) is 16.5 Å². The van der Waals surface area contributed by atoms with Gasteiger partial charge in [-0.3, -0.25) is 10.1 Å². The molecular weight excluding hydrogens is 390 g/mol. The topological polar surface area (TPSA) is 64.1 Å². The van der Waals surface area contributed by atoms with Gasteiger partial charge in [-0.15, -0.1) is 10.2 Å². The summed E-state index contributed by atoms with van der Waals surface area (Å²) in [6.45, 7) is 4.03. The minimum Gasteiger partial charge on any atom is -0.481 e. The summed E-state index contributed by atoms with van der Waals surface area (Å²) >= 11 is 2.98. The molecule has 1 N–H and O–H groups in total. The second-order valence-corrected chi connectivity index (χ2v) is 8.35. The fourth-order valence-electron chi connectivity index (χ4n) is 2.51. The molecule has 146 valence electrons. The fourth-order valence-corrected chi connectivity index (χ4v) is 4.22. The molecule has 0 fully saturated rings. The van der Waals surface area contributed by atoms with Gasteiger partial charge >= 0.3 is 0 Å². The number of hydrogen-bond donors (Lipinski definition) is 1. The van der Waals surface area contributed by atoms with Crippen LogP contribution in [0, 0.1) is 0 Å². The molecule has 0 aliphatic rings. The van der Waals surface area contributed by atoms with E-state index in [2.05, 4.69) is 34.6 Å². The molecule has 0 saturated carbocycles. The van der Waals surface area contributed by atoms with E-state index in [1.54, 1.807) is 11.8 Å². The third-order valence-corrected chi connectivity index (χ3v) is 6.16. The molecule has 2 aromatic carbocycles. The predicted octanol–water partition coefficient (Wildman–Crippen LogP) is 5.19. The van der Waals surface area contributed by atoms with Crippen LogP contribution in [0.2, 0.25) is 0 Å². The molecule has 0 aliphatic heterocycles. The summed E-state index contributed by atoms with van der Waals surface area (Å²) in [7, 11) is 0. The van der Waals surface area contributed by atoms with Gasteiger partial charge in [0.05, 0.1) is 0 Å². The van der Waals surface area contributed by atoms with Gasteiger partial charge in [-0.2, -0.15) is 0 Å². The van der Waals surface area contributed by atoms with E-state index in [-0.39, 0.29) is 5.91 Å². The summed E-state index contributed by atoms with van der Waals surface area (Å²) in [5.74, 6) is 1.30. The van der Waals surface area contributed by atoms with Crippen LogP contribution >= 0.6 is 23.1 Å². The average Bonchev–Trinajstić information content (AvgIpc) is 3.19. The number of anilines is 1. The van der Waals surface area contributed by atoms with Gasteiger partial charge in [-0.1, -0.05) is 79.4 Å². The van der Waals surface area contributed by atoms with Gasteiger partial charge < -0.3 is 4.74 Å². The fraction of sp³-hybridized carbons (Fsp3) is 0.286. The van der Waals surface area contributed by atoms with Crippen molar-refractivity contribution in [3.63, 3.8) is 0 Å². The minimum atomic E-state index is -0.572. The van der Waals surface area contributed by atoms with Gasteiger partial charge in [0.2, 0.25) is 5.13 Å². The van der Waals surface area contributed by atoms with E-state index in [1.807, 2.05) is 49.4 Å². The Morgan fingerprint density at radius 1 is 1.07 bits per heavy atom. The third-order valence-electron chi connectivity index (χ3n) is 4.11. The number of rotatable bonds is 9. The summed E-state index contributed by atoms with van der Waals surface area (Å²) in [5.41, 5.74) is 2.46. The van der Waals surface area contributed by atoms with Crippen LogP contribution in [-0.2, 0) is 17.0 Å². The van der Waals surface area contributed by atoms with Gasteiger partial charge in [-0.25, -0.2) is 0 Å². The number of ether oxygens (including phenoxy) is 1. The Morgan fingerprint density at radius 3 is 2.50 bits per heavy atom. The largest absolute Gasteiger partial charge is 0.481 e. The number of aromatic nitrogens is 2. The Hall–Kier alpha value is -2.38. The maximum Gasteiger partial charge on any atom is 0.267 e. The highest BCUT2D eigenvalue weighted by molar-refractivity contribution is 8.00. The van der Waals surface area contributed by atoms with E-state index in [0.29, 0.717) is 17.3 Å². The second kappa shape index (κ2) is 10.2. The highest BCUT2D eigenvalue weighted by Crippen LogP contribution is 2.28. The van der Waals surface area contributed by atoms with E-state index in [1.165, 1.54) is 22.5 Å². The molecule has 0 unspecified atom stereocenters. The van der Waals surface area contributed by atoms with Crippen molar-refractivity contribution >= 4 is 34.1 Å². The van der Waals surface area contributed by atoms with Crippen molar-refractivity contribution in [3.8, 4) is 5.75 Å². The lowest BCUT2D eigenvalue weighted by Gasteiger charge is -2.16. The average molecular weight is 414 g/mol. The van der Waals surface area contributed by atoms with Crippen molar-refractivity contribution in [1.29, 1.82) is 0 Å². The highest BCUT2D eigenvalue weighted by atomic mass is 32.2. The molecule has 0 radical (unpaired) electrons. The quantitative estimate of drug-likeness (QED) is 0.386. The molecule has 1 atom stereocenters. The molecular formula is C21H23N3O2S2.